The van der Waals surface area contributed by atoms with Crippen molar-refractivity contribution in [3.63, 3.8) is 0 Å². The first-order valence-corrected chi connectivity index (χ1v) is 9.80. The van der Waals surface area contributed by atoms with E-state index < -0.39 is 16.4 Å². The van der Waals surface area contributed by atoms with E-state index in [0.717, 1.165) is 0 Å². The summed E-state index contributed by atoms with van der Waals surface area (Å²) < 4.78 is 1.12. The molecule has 0 fully saturated rings. The molecule has 0 spiro atoms. The molecule has 0 heterocycles. The zero-order valence-corrected chi connectivity index (χ0v) is 17.8. The van der Waals surface area contributed by atoms with E-state index in [4.69, 9.17) is 0 Å². The number of aromatic hydroxyl groups is 1. The molecule has 146 valence electrons. The van der Waals surface area contributed by atoms with Gasteiger partial charge in [-0.15, -0.1) is 0 Å². The third-order valence-corrected chi connectivity index (χ3v) is 5.01. The van der Waals surface area contributed by atoms with E-state index in [-0.39, 0.29) is 11.5 Å². The summed E-state index contributed by atoms with van der Waals surface area (Å²) in [6, 6.07) is 16.6. The lowest BCUT2D eigenvalue weighted by Gasteiger charge is -2.07. The van der Waals surface area contributed by atoms with Gasteiger partial charge in [-0.25, -0.2) is 0 Å². The summed E-state index contributed by atoms with van der Waals surface area (Å²) in [5.74, 6) is -0.751. The molecule has 0 radical (unpaired) electrons. The van der Waals surface area contributed by atoms with Crippen molar-refractivity contribution in [2.24, 2.45) is 4.99 Å². The van der Waals surface area contributed by atoms with Crippen molar-refractivity contribution in [1.82, 2.24) is 0 Å². The van der Waals surface area contributed by atoms with E-state index in [0.29, 0.717) is 25.9 Å². The summed E-state index contributed by atoms with van der Waals surface area (Å²) in [6.07, 6.45) is 1.32. The highest BCUT2D eigenvalue weighted by atomic mass is 79.9. The smallest absolute Gasteiger partial charge is 0.312 e. The van der Waals surface area contributed by atoms with Crippen LogP contribution in [0, 0.1) is 10.1 Å². The Balaban J connectivity index is 1.83. The highest BCUT2D eigenvalue weighted by Crippen LogP contribution is 2.33. The molecule has 0 saturated heterocycles. The number of carbonyl (C=O) groups is 1. The Kier molecular flexibility index (Phi) is 6.40. The zero-order chi connectivity index (χ0) is 21.0. The SMILES string of the molecule is O=C(Nc1cccc(N=Cc2cc(Br)cc([N+](=O)[O-])c2O)c1)c1ccccc1Br. The molecule has 0 atom stereocenters. The Bertz CT molecular complexity index is 1130. The Morgan fingerprint density at radius 2 is 1.86 bits per heavy atom. The van der Waals surface area contributed by atoms with Crippen LogP contribution in [-0.4, -0.2) is 22.2 Å². The summed E-state index contributed by atoms with van der Waals surface area (Å²) >= 11 is 6.52. The van der Waals surface area contributed by atoms with Gasteiger partial charge in [0.1, 0.15) is 0 Å². The highest BCUT2D eigenvalue weighted by Gasteiger charge is 2.17. The standard InChI is InChI=1S/C20H13Br2N3O4/c21-13-8-12(19(26)18(9-13)25(28)29)11-23-14-4-3-5-15(10-14)24-20(27)16-6-1-2-7-17(16)22/h1-11,26H,(H,24,27). The number of phenolic OH excluding ortho intramolecular Hbond substituents is 1. The summed E-state index contributed by atoms with van der Waals surface area (Å²) in [5, 5.41) is 23.9. The van der Waals surface area contributed by atoms with Crippen molar-refractivity contribution < 1.29 is 14.8 Å². The van der Waals surface area contributed by atoms with Crippen LogP contribution in [0.3, 0.4) is 0 Å². The number of nitro groups is 1. The topological polar surface area (TPSA) is 105 Å². The molecular weight excluding hydrogens is 506 g/mol. The molecule has 0 aromatic heterocycles. The fraction of sp³-hybridized carbons (Fsp3) is 0. The quantitative estimate of drug-likeness (QED) is 0.252. The first-order chi connectivity index (χ1) is 13.8. The fourth-order valence-corrected chi connectivity index (χ4v) is 3.42. The number of rotatable bonds is 5. The number of anilines is 1. The van der Waals surface area contributed by atoms with Gasteiger partial charge in [0.2, 0.25) is 5.75 Å². The second kappa shape index (κ2) is 8.97. The Morgan fingerprint density at radius 1 is 1.10 bits per heavy atom. The molecule has 29 heavy (non-hydrogen) atoms. The number of hydrogen-bond acceptors (Lipinski definition) is 5. The normalized spacial score (nSPS) is 10.8. The van der Waals surface area contributed by atoms with Gasteiger partial charge in [0, 0.05) is 32.5 Å². The minimum absolute atomic E-state index is 0.189. The number of nitro benzene ring substituents is 1. The van der Waals surface area contributed by atoms with Crippen LogP contribution in [-0.2, 0) is 0 Å². The maximum absolute atomic E-state index is 12.4. The molecule has 0 unspecified atom stereocenters. The van der Waals surface area contributed by atoms with Gasteiger partial charge < -0.3 is 10.4 Å². The first-order valence-electron chi connectivity index (χ1n) is 8.22. The van der Waals surface area contributed by atoms with E-state index >= 15 is 0 Å². The number of amides is 1. The van der Waals surface area contributed by atoms with Crippen molar-refractivity contribution >= 4 is 61.0 Å². The highest BCUT2D eigenvalue weighted by molar-refractivity contribution is 9.10. The van der Waals surface area contributed by atoms with Crippen molar-refractivity contribution in [2.75, 3.05) is 5.32 Å². The average Bonchev–Trinajstić information content (AvgIpc) is 2.68. The number of nitrogens with one attached hydrogen (secondary N) is 1. The number of phenols is 1. The van der Waals surface area contributed by atoms with Crippen molar-refractivity contribution in [1.29, 1.82) is 0 Å². The lowest BCUT2D eigenvalue weighted by molar-refractivity contribution is -0.385. The van der Waals surface area contributed by atoms with E-state index in [1.165, 1.54) is 18.3 Å². The molecule has 3 rings (SSSR count). The van der Waals surface area contributed by atoms with Gasteiger partial charge in [-0.3, -0.25) is 19.9 Å². The number of hydrogen-bond donors (Lipinski definition) is 2. The first kappa shape index (κ1) is 20.7. The molecule has 9 heteroatoms. The monoisotopic (exact) mass is 517 g/mol. The van der Waals surface area contributed by atoms with E-state index in [1.807, 2.05) is 6.07 Å². The molecule has 0 aliphatic rings. The summed E-state index contributed by atoms with van der Waals surface area (Å²) in [6.45, 7) is 0. The van der Waals surface area contributed by atoms with Crippen LogP contribution in [0.5, 0.6) is 5.75 Å². The van der Waals surface area contributed by atoms with Crippen LogP contribution in [0.2, 0.25) is 0 Å². The number of halogens is 2. The predicted octanol–water partition coefficient (Wildman–Crippen LogP) is 5.83. The summed E-state index contributed by atoms with van der Waals surface area (Å²) in [5.41, 5.74) is 1.29. The van der Waals surface area contributed by atoms with Gasteiger partial charge in [0.25, 0.3) is 5.91 Å². The molecule has 7 nitrogen and oxygen atoms in total. The van der Waals surface area contributed by atoms with Crippen molar-refractivity contribution in [3.8, 4) is 5.75 Å². The van der Waals surface area contributed by atoms with Gasteiger partial charge in [-0.2, -0.15) is 0 Å². The second-order valence-electron chi connectivity index (χ2n) is 5.86. The zero-order valence-electron chi connectivity index (χ0n) is 14.7. The van der Waals surface area contributed by atoms with E-state index in [2.05, 4.69) is 42.2 Å². The Hall–Kier alpha value is -3.04. The summed E-state index contributed by atoms with van der Waals surface area (Å²) in [7, 11) is 0. The summed E-state index contributed by atoms with van der Waals surface area (Å²) in [4.78, 5) is 27.0. The third kappa shape index (κ3) is 5.07. The molecule has 0 aliphatic carbocycles. The van der Waals surface area contributed by atoms with Gasteiger partial charge in [-0.1, -0.05) is 34.1 Å². The van der Waals surface area contributed by atoms with Crippen LogP contribution >= 0.6 is 31.9 Å². The van der Waals surface area contributed by atoms with Crippen molar-refractivity contribution in [2.45, 2.75) is 0 Å². The minimum atomic E-state index is -0.671. The number of aliphatic imine (C=N–C) groups is 1. The lowest BCUT2D eigenvalue weighted by Crippen LogP contribution is -2.12. The van der Waals surface area contributed by atoms with Crippen LogP contribution in [0.15, 0.2) is 74.6 Å². The molecule has 1 amide bonds. The van der Waals surface area contributed by atoms with Gasteiger partial charge in [-0.05, 0) is 52.3 Å². The lowest BCUT2D eigenvalue weighted by atomic mass is 10.2. The molecule has 0 bridgehead atoms. The molecule has 0 saturated carbocycles. The van der Waals surface area contributed by atoms with Crippen LogP contribution in [0.4, 0.5) is 17.1 Å². The van der Waals surface area contributed by atoms with Crippen LogP contribution in [0.1, 0.15) is 15.9 Å². The Labute approximate surface area is 182 Å². The van der Waals surface area contributed by atoms with Gasteiger partial charge in [0.05, 0.1) is 16.2 Å². The van der Waals surface area contributed by atoms with E-state index in [1.54, 1.807) is 42.5 Å². The maximum Gasteiger partial charge on any atom is 0.312 e. The van der Waals surface area contributed by atoms with E-state index in [9.17, 15) is 20.0 Å². The predicted molar refractivity (Wildman–Crippen MR) is 118 cm³/mol. The van der Waals surface area contributed by atoms with Crippen LogP contribution in [0.25, 0.3) is 0 Å². The fourth-order valence-electron chi connectivity index (χ4n) is 2.49. The van der Waals surface area contributed by atoms with Gasteiger partial charge >= 0.3 is 5.69 Å². The molecule has 3 aromatic carbocycles. The largest absolute Gasteiger partial charge is 0.502 e. The number of carbonyl (C=O) groups excluding carboxylic acids is 1. The molecule has 3 aromatic rings. The number of nitrogens with zero attached hydrogens (tertiary/aromatic N) is 2. The molecule has 2 N–H and O–H groups in total. The third-order valence-electron chi connectivity index (χ3n) is 3.86. The molecule has 0 aliphatic heterocycles. The molecular formula is C20H13Br2N3O4. The van der Waals surface area contributed by atoms with Crippen molar-refractivity contribution in [3.05, 3.63) is 90.9 Å². The van der Waals surface area contributed by atoms with Gasteiger partial charge in [0.15, 0.2) is 0 Å². The average molecular weight is 519 g/mol. The minimum Gasteiger partial charge on any atom is -0.502 e. The Morgan fingerprint density at radius 3 is 2.59 bits per heavy atom. The number of benzene rings is 3. The van der Waals surface area contributed by atoms with Crippen LogP contribution < -0.4 is 5.32 Å². The maximum atomic E-state index is 12.4. The second-order valence-corrected chi connectivity index (χ2v) is 7.63.